The molecule has 2 rings (SSSR count). The molecule has 1 aliphatic carbocycles. The molecule has 0 amide bonds. The van der Waals surface area contributed by atoms with Crippen molar-refractivity contribution < 1.29 is 18.0 Å². The highest BCUT2D eigenvalue weighted by molar-refractivity contribution is 9.10. The Bertz CT molecular complexity index is 522. The second-order valence-corrected chi connectivity index (χ2v) is 5.55. The van der Waals surface area contributed by atoms with Crippen molar-refractivity contribution in [2.75, 3.05) is 5.32 Å². The Hall–Kier alpha value is -1.30. The highest BCUT2D eigenvalue weighted by atomic mass is 79.9. The average Bonchev–Trinajstić information content (AvgIpc) is 2.40. The number of halogens is 4. The minimum absolute atomic E-state index is 0.230. The normalized spacial score (nSPS) is 19.4. The van der Waals surface area contributed by atoms with Gasteiger partial charge in [0.25, 0.3) is 0 Å². The molecule has 0 aromatic heterocycles. The molecule has 0 spiro atoms. The number of anilines is 1. The Labute approximate surface area is 123 Å². The first kappa shape index (κ1) is 15.1. The largest absolute Gasteiger partial charge is 0.450 e. The Morgan fingerprint density at radius 2 is 1.90 bits per heavy atom. The summed E-state index contributed by atoms with van der Waals surface area (Å²) in [4.78, 5) is 11.5. The van der Waals surface area contributed by atoms with E-state index in [-0.39, 0.29) is 6.42 Å². The predicted octanol–water partition coefficient (Wildman–Crippen LogP) is 4.68. The number of Topliss-reactive ketones (excluding diaryl/α,β-unsaturated/α-hetero) is 1. The van der Waals surface area contributed by atoms with Gasteiger partial charge in [-0.3, -0.25) is 4.79 Å². The van der Waals surface area contributed by atoms with Crippen LogP contribution >= 0.6 is 15.9 Å². The number of rotatable bonds is 3. The first-order valence-electron chi connectivity index (χ1n) is 6.21. The molecular formula is C14H13BrF3NO. The number of hydrogen-bond acceptors (Lipinski definition) is 2. The molecule has 20 heavy (non-hydrogen) atoms. The molecule has 0 heterocycles. The lowest BCUT2D eigenvalue weighted by atomic mass is 9.88. The van der Waals surface area contributed by atoms with E-state index in [0.717, 1.165) is 4.47 Å². The predicted molar refractivity (Wildman–Crippen MR) is 74.3 cm³/mol. The van der Waals surface area contributed by atoms with Crippen molar-refractivity contribution in [2.24, 2.45) is 5.92 Å². The van der Waals surface area contributed by atoms with Gasteiger partial charge in [0.15, 0.2) is 0 Å². The van der Waals surface area contributed by atoms with Crippen LogP contribution in [0.15, 0.2) is 40.5 Å². The fraction of sp³-hybridized carbons (Fsp3) is 0.357. The Kier molecular flexibility index (Phi) is 4.52. The lowest BCUT2D eigenvalue weighted by Gasteiger charge is -2.25. The highest BCUT2D eigenvalue weighted by Gasteiger charge is 2.44. The van der Waals surface area contributed by atoms with Crippen molar-refractivity contribution in [1.82, 2.24) is 0 Å². The standard InChI is InChI=1S/C14H13BrF3NO/c15-9-5-7-10(8-6-9)19-12-4-2-1-3-11(12)13(20)14(16,17)18/h4-8,11,19H,1-3H2/t11-/m1/s1. The second-order valence-electron chi connectivity index (χ2n) is 4.64. The van der Waals surface area contributed by atoms with Crippen LogP contribution in [0, 0.1) is 5.92 Å². The zero-order valence-electron chi connectivity index (χ0n) is 10.5. The summed E-state index contributed by atoms with van der Waals surface area (Å²) in [5, 5.41) is 2.93. The van der Waals surface area contributed by atoms with Crippen LogP contribution < -0.4 is 5.32 Å². The molecule has 1 aliphatic rings. The summed E-state index contributed by atoms with van der Waals surface area (Å²) >= 11 is 3.29. The summed E-state index contributed by atoms with van der Waals surface area (Å²) in [6.07, 6.45) is -1.60. The minimum Gasteiger partial charge on any atom is -0.359 e. The molecule has 0 fully saturated rings. The molecular weight excluding hydrogens is 335 g/mol. The topological polar surface area (TPSA) is 29.1 Å². The molecule has 0 unspecified atom stereocenters. The smallest absolute Gasteiger partial charge is 0.359 e. The quantitative estimate of drug-likeness (QED) is 0.860. The van der Waals surface area contributed by atoms with Gasteiger partial charge in [0, 0.05) is 15.9 Å². The first-order chi connectivity index (χ1) is 9.38. The summed E-state index contributed by atoms with van der Waals surface area (Å²) in [5.74, 6) is -2.79. The highest BCUT2D eigenvalue weighted by Crippen LogP contribution is 2.32. The van der Waals surface area contributed by atoms with Crippen molar-refractivity contribution in [1.29, 1.82) is 0 Å². The Morgan fingerprint density at radius 3 is 2.50 bits per heavy atom. The third kappa shape index (κ3) is 3.62. The molecule has 0 aliphatic heterocycles. The van der Waals surface area contributed by atoms with Gasteiger partial charge in [0.1, 0.15) is 0 Å². The van der Waals surface area contributed by atoms with Crippen LogP contribution in [0.5, 0.6) is 0 Å². The third-order valence-electron chi connectivity index (χ3n) is 3.17. The number of alkyl halides is 3. The lowest BCUT2D eigenvalue weighted by molar-refractivity contribution is -0.174. The minimum atomic E-state index is -4.79. The summed E-state index contributed by atoms with van der Waals surface area (Å²) in [6, 6.07) is 7.06. The molecule has 1 atom stereocenters. The SMILES string of the molecule is O=C([C@@H]1CCCC=C1Nc1ccc(Br)cc1)C(F)(F)F. The molecule has 0 saturated carbocycles. The van der Waals surface area contributed by atoms with E-state index in [9.17, 15) is 18.0 Å². The van der Waals surface area contributed by atoms with Crippen LogP contribution in [0.4, 0.5) is 18.9 Å². The van der Waals surface area contributed by atoms with Crippen LogP contribution in [0.1, 0.15) is 19.3 Å². The van der Waals surface area contributed by atoms with Crippen molar-refractivity contribution in [3.8, 4) is 0 Å². The maximum Gasteiger partial charge on any atom is 0.450 e. The zero-order valence-corrected chi connectivity index (χ0v) is 12.1. The molecule has 6 heteroatoms. The van der Waals surface area contributed by atoms with Crippen LogP contribution in [-0.2, 0) is 4.79 Å². The zero-order chi connectivity index (χ0) is 14.8. The Morgan fingerprint density at radius 1 is 1.25 bits per heavy atom. The fourth-order valence-corrected chi connectivity index (χ4v) is 2.45. The summed E-state index contributed by atoms with van der Waals surface area (Å²) in [7, 11) is 0. The molecule has 0 bridgehead atoms. The molecule has 1 aromatic rings. The van der Waals surface area contributed by atoms with E-state index < -0.39 is 17.9 Å². The van der Waals surface area contributed by atoms with E-state index in [1.165, 1.54) is 0 Å². The van der Waals surface area contributed by atoms with Crippen LogP contribution in [-0.4, -0.2) is 12.0 Å². The molecule has 1 aromatic carbocycles. The van der Waals surface area contributed by atoms with Gasteiger partial charge in [-0.05, 0) is 43.5 Å². The van der Waals surface area contributed by atoms with Gasteiger partial charge in [0.2, 0.25) is 5.78 Å². The van der Waals surface area contributed by atoms with E-state index >= 15 is 0 Å². The maximum atomic E-state index is 12.6. The number of ketones is 1. The van der Waals surface area contributed by atoms with E-state index in [1.54, 1.807) is 30.3 Å². The van der Waals surface area contributed by atoms with E-state index in [0.29, 0.717) is 24.2 Å². The van der Waals surface area contributed by atoms with Gasteiger partial charge in [-0.1, -0.05) is 22.0 Å². The van der Waals surface area contributed by atoms with Gasteiger partial charge in [-0.2, -0.15) is 13.2 Å². The summed E-state index contributed by atoms with van der Waals surface area (Å²) in [6.45, 7) is 0. The first-order valence-corrected chi connectivity index (χ1v) is 7.01. The van der Waals surface area contributed by atoms with Crippen molar-refractivity contribution >= 4 is 27.4 Å². The monoisotopic (exact) mass is 347 g/mol. The van der Waals surface area contributed by atoms with Gasteiger partial charge in [-0.15, -0.1) is 0 Å². The lowest BCUT2D eigenvalue weighted by Crippen LogP contribution is -2.34. The third-order valence-corrected chi connectivity index (χ3v) is 3.69. The van der Waals surface area contributed by atoms with Crippen molar-refractivity contribution in [3.05, 3.63) is 40.5 Å². The van der Waals surface area contributed by atoms with Gasteiger partial charge in [0.05, 0.1) is 5.92 Å². The number of carbonyl (C=O) groups is 1. The number of allylic oxidation sites excluding steroid dienone is 2. The van der Waals surface area contributed by atoms with Gasteiger partial charge < -0.3 is 5.32 Å². The number of nitrogens with one attached hydrogen (secondary N) is 1. The van der Waals surface area contributed by atoms with E-state index in [1.807, 2.05) is 0 Å². The fourth-order valence-electron chi connectivity index (χ4n) is 2.19. The van der Waals surface area contributed by atoms with Crippen molar-refractivity contribution in [2.45, 2.75) is 25.4 Å². The molecule has 1 N–H and O–H groups in total. The molecule has 2 nitrogen and oxygen atoms in total. The number of hydrogen-bond donors (Lipinski definition) is 1. The van der Waals surface area contributed by atoms with Gasteiger partial charge in [-0.25, -0.2) is 0 Å². The molecule has 0 radical (unpaired) electrons. The Balaban J connectivity index is 2.17. The van der Waals surface area contributed by atoms with Gasteiger partial charge >= 0.3 is 6.18 Å². The van der Waals surface area contributed by atoms with E-state index in [2.05, 4.69) is 21.2 Å². The number of carbonyl (C=O) groups excluding carboxylic acids is 1. The molecule has 0 saturated heterocycles. The van der Waals surface area contributed by atoms with E-state index in [4.69, 9.17) is 0 Å². The second kappa shape index (κ2) is 5.99. The van der Waals surface area contributed by atoms with Crippen LogP contribution in [0.3, 0.4) is 0 Å². The maximum absolute atomic E-state index is 12.6. The van der Waals surface area contributed by atoms with Crippen LogP contribution in [0.2, 0.25) is 0 Å². The average molecular weight is 348 g/mol. The summed E-state index contributed by atoms with van der Waals surface area (Å²) in [5.41, 5.74) is 1.02. The van der Waals surface area contributed by atoms with Crippen LogP contribution in [0.25, 0.3) is 0 Å². The summed E-state index contributed by atoms with van der Waals surface area (Å²) < 4.78 is 38.6. The molecule has 108 valence electrons. The van der Waals surface area contributed by atoms with Crippen molar-refractivity contribution in [3.63, 3.8) is 0 Å². The number of benzene rings is 1.